The first kappa shape index (κ1) is 14.1. The number of aromatic nitrogens is 2. The second-order valence-electron chi connectivity index (χ2n) is 6.15. The largest absolute Gasteiger partial charge is 0.373 e. The molecule has 0 spiro atoms. The van der Waals surface area contributed by atoms with E-state index in [-0.39, 0.29) is 0 Å². The molecule has 2 aromatic rings. The molecule has 0 saturated heterocycles. The maximum Gasteiger partial charge on any atom is 0.133 e. The Bertz CT molecular complexity index is 630. The van der Waals surface area contributed by atoms with E-state index in [2.05, 4.69) is 48.4 Å². The van der Waals surface area contributed by atoms with Gasteiger partial charge in [0.25, 0.3) is 0 Å². The van der Waals surface area contributed by atoms with Gasteiger partial charge in [-0.25, -0.2) is 9.97 Å². The van der Waals surface area contributed by atoms with Crippen LogP contribution in [0.1, 0.15) is 56.3 Å². The molecule has 0 bridgehead atoms. The second-order valence-corrected chi connectivity index (χ2v) is 6.15. The number of nitrogens with one attached hydrogen (secondary N) is 1. The Morgan fingerprint density at radius 1 is 1.14 bits per heavy atom. The number of nitrogens with zero attached hydrogens (tertiary/aromatic N) is 2. The fourth-order valence-corrected chi connectivity index (χ4v) is 2.69. The minimum Gasteiger partial charge on any atom is -0.373 e. The minimum atomic E-state index is 0.326. The normalized spacial score (nSPS) is 15.0. The van der Waals surface area contributed by atoms with Crippen LogP contribution < -0.4 is 5.32 Å². The lowest BCUT2D eigenvalue weighted by molar-refractivity contribution is 0.420. The van der Waals surface area contributed by atoms with Gasteiger partial charge in [0.2, 0.25) is 0 Å². The van der Waals surface area contributed by atoms with Gasteiger partial charge in [-0.2, -0.15) is 0 Å². The van der Waals surface area contributed by atoms with Crippen LogP contribution in [0.3, 0.4) is 0 Å². The lowest BCUT2D eigenvalue weighted by Gasteiger charge is -2.26. The van der Waals surface area contributed by atoms with Crippen LogP contribution in [0.4, 0.5) is 5.82 Å². The van der Waals surface area contributed by atoms with Crippen LogP contribution in [0.15, 0.2) is 30.3 Å². The Morgan fingerprint density at radius 2 is 1.95 bits per heavy atom. The van der Waals surface area contributed by atoms with E-state index in [0.717, 1.165) is 23.3 Å². The van der Waals surface area contributed by atoms with E-state index in [1.807, 2.05) is 13.1 Å². The highest BCUT2D eigenvalue weighted by atomic mass is 15.0. The third-order valence-electron chi connectivity index (χ3n) is 4.27. The molecule has 1 aromatic heterocycles. The molecule has 1 aromatic carbocycles. The summed E-state index contributed by atoms with van der Waals surface area (Å²) in [4.78, 5) is 9.28. The molecule has 0 unspecified atom stereocenters. The minimum absolute atomic E-state index is 0.326. The standard InChI is InChI=1S/C18H23N3/c1-12(2)18-20-16(11-17(19-3)21-18)15-9-5-8-14(10-15)13-6-4-7-13/h5,8-13H,4,6-7H2,1-3H3,(H,19,20,21). The quantitative estimate of drug-likeness (QED) is 0.891. The molecule has 1 aliphatic rings. The molecule has 110 valence electrons. The first-order valence-corrected chi connectivity index (χ1v) is 7.84. The predicted molar refractivity (Wildman–Crippen MR) is 87.7 cm³/mol. The van der Waals surface area contributed by atoms with Crippen molar-refractivity contribution in [3.63, 3.8) is 0 Å². The zero-order valence-electron chi connectivity index (χ0n) is 13.1. The summed E-state index contributed by atoms with van der Waals surface area (Å²) in [5, 5.41) is 3.14. The molecule has 3 nitrogen and oxygen atoms in total. The van der Waals surface area contributed by atoms with E-state index in [4.69, 9.17) is 4.98 Å². The Hall–Kier alpha value is -1.90. The van der Waals surface area contributed by atoms with Crippen LogP contribution in [0.25, 0.3) is 11.3 Å². The first-order valence-electron chi connectivity index (χ1n) is 7.84. The maximum absolute atomic E-state index is 4.74. The van der Waals surface area contributed by atoms with E-state index >= 15 is 0 Å². The molecule has 1 aliphatic carbocycles. The summed E-state index contributed by atoms with van der Waals surface area (Å²) < 4.78 is 0. The highest BCUT2D eigenvalue weighted by Crippen LogP contribution is 2.37. The van der Waals surface area contributed by atoms with Crippen molar-refractivity contribution in [3.05, 3.63) is 41.7 Å². The number of benzene rings is 1. The lowest BCUT2D eigenvalue weighted by atomic mass is 9.79. The number of hydrogen-bond acceptors (Lipinski definition) is 3. The molecular formula is C18H23N3. The van der Waals surface area contributed by atoms with Gasteiger partial charge < -0.3 is 5.32 Å². The Kier molecular flexibility index (Phi) is 3.91. The summed E-state index contributed by atoms with van der Waals surface area (Å²) in [5.41, 5.74) is 3.66. The van der Waals surface area contributed by atoms with Crippen LogP contribution in [-0.2, 0) is 0 Å². The van der Waals surface area contributed by atoms with Gasteiger partial charge in [-0.1, -0.05) is 38.5 Å². The highest BCUT2D eigenvalue weighted by Gasteiger charge is 2.20. The molecule has 0 amide bonds. The fourth-order valence-electron chi connectivity index (χ4n) is 2.69. The molecule has 1 fully saturated rings. The van der Waals surface area contributed by atoms with E-state index in [1.165, 1.54) is 30.4 Å². The second kappa shape index (κ2) is 5.84. The third kappa shape index (κ3) is 2.92. The maximum atomic E-state index is 4.74. The molecule has 0 atom stereocenters. The number of rotatable bonds is 4. The van der Waals surface area contributed by atoms with Gasteiger partial charge in [0.05, 0.1) is 5.69 Å². The molecule has 1 N–H and O–H groups in total. The van der Waals surface area contributed by atoms with Crippen molar-refractivity contribution in [2.45, 2.75) is 44.9 Å². The molecule has 3 heteroatoms. The van der Waals surface area contributed by atoms with Crippen molar-refractivity contribution in [1.82, 2.24) is 9.97 Å². The van der Waals surface area contributed by atoms with E-state index in [9.17, 15) is 0 Å². The highest BCUT2D eigenvalue weighted by molar-refractivity contribution is 5.63. The third-order valence-corrected chi connectivity index (χ3v) is 4.27. The van der Waals surface area contributed by atoms with Gasteiger partial charge in [0.15, 0.2) is 0 Å². The van der Waals surface area contributed by atoms with Gasteiger partial charge in [-0.05, 0) is 30.4 Å². The Labute approximate surface area is 126 Å². The summed E-state index contributed by atoms with van der Waals surface area (Å²) in [6.07, 6.45) is 4.02. The molecule has 0 aliphatic heterocycles. The predicted octanol–water partition coefficient (Wildman–Crippen LogP) is 4.58. The van der Waals surface area contributed by atoms with Crippen LogP contribution >= 0.6 is 0 Å². The van der Waals surface area contributed by atoms with Gasteiger partial charge >= 0.3 is 0 Å². The average molecular weight is 281 g/mol. The van der Waals surface area contributed by atoms with E-state index < -0.39 is 0 Å². The van der Waals surface area contributed by atoms with Gasteiger partial charge in [-0.3, -0.25) is 0 Å². The first-order chi connectivity index (χ1) is 10.2. The van der Waals surface area contributed by atoms with Crippen molar-refractivity contribution in [3.8, 4) is 11.3 Å². The van der Waals surface area contributed by atoms with Crippen molar-refractivity contribution in [2.24, 2.45) is 0 Å². The van der Waals surface area contributed by atoms with Gasteiger partial charge in [-0.15, -0.1) is 0 Å². The summed E-state index contributed by atoms with van der Waals surface area (Å²) >= 11 is 0. The summed E-state index contributed by atoms with van der Waals surface area (Å²) in [6.45, 7) is 4.26. The summed E-state index contributed by atoms with van der Waals surface area (Å²) in [6, 6.07) is 10.9. The fraction of sp³-hybridized carbons (Fsp3) is 0.444. The van der Waals surface area contributed by atoms with Crippen LogP contribution in [0.2, 0.25) is 0 Å². The van der Waals surface area contributed by atoms with Gasteiger partial charge in [0, 0.05) is 24.6 Å². The molecule has 3 rings (SSSR count). The van der Waals surface area contributed by atoms with Crippen molar-refractivity contribution in [2.75, 3.05) is 12.4 Å². The van der Waals surface area contributed by atoms with E-state index in [1.54, 1.807) is 0 Å². The zero-order valence-corrected chi connectivity index (χ0v) is 13.1. The van der Waals surface area contributed by atoms with Crippen LogP contribution in [-0.4, -0.2) is 17.0 Å². The average Bonchev–Trinajstić information content (AvgIpc) is 2.45. The Morgan fingerprint density at radius 3 is 2.57 bits per heavy atom. The summed E-state index contributed by atoms with van der Waals surface area (Å²) in [5.74, 6) is 2.86. The van der Waals surface area contributed by atoms with Gasteiger partial charge in [0.1, 0.15) is 11.6 Å². The zero-order chi connectivity index (χ0) is 14.8. The number of anilines is 1. The topological polar surface area (TPSA) is 37.8 Å². The lowest BCUT2D eigenvalue weighted by Crippen LogP contribution is -2.08. The van der Waals surface area contributed by atoms with E-state index in [0.29, 0.717) is 5.92 Å². The van der Waals surface area contributed by atoms with Crippen LogP contribution in [0.5, 0.6) is 0 Å². The SMILES string of the molecule is CNc1cc(-c2cccc(C3CCC3)c2)nc(C(C)C)n1. The van der Waals surface area contributed by atoms with Crippen molar-refractivity contribution >= 4 is 5.82 Å². The monoisotopic (exact) mass is 281 g/mol. The molecule has 1 saturated carbocycles. The van der Waals surface area contributed by atoms with Crippen LogP contribution in [0, 0.1) is 0 Å². The van der Waals surface area contributed by atoms with Crippen molar-refractivity contribution in [1.29, 1.82) is 0 Å². The molecular weight excluding hydrogens is 258 g/mol. The number of hydrogen-bond donors (Lipinski definition) is 1. The molecule has 0 radical (unpaired) electrons. The smallest absolute Gasteiger partial charge is 0.133 e. The Balaban J connectivity index is 2.00. The molecule has 21 heavy (non-hydrogen) atoms. The molecule has 1 heterocycles. The van der Waals surface area contributed by atoms with Crippen molar-refractivity contribution < 1.29 is 0 Å². The summed E-state index contributed by atoms with van der Waals surface area (Å²) in [7, 11) is 1.90.